The average molecular weight is 158 g/mol. The van der Waals surface area contributed by atoms with Crippen molar-refractivity contribution in [1.29, 1.82) is 0 Å². The van der Waals surface area contributed by atoms with Gasteiger partial charge in [0.15, 0.2) is 5.79 Å². The molecule has 1 rings (SSSR count). The van der Waals surface area contributed by atoms with Crippen molar-refractivity contribution in [1.82, 2.24) is 0 Å². The van der Waals surface area contributed by atoms with Gasteiger partial charge in [-0.15, -0.1) is 0 Å². The molecule has 1 aliphatic heterocycles. The summed E-state index contributed by atoms with van der Waals surface area (Å²) in [7, 11) is 0. The van der Waals surface area contributed by atoms with Crippen LogP contribution in [0, 0.1) is 0 Å². The van der Waals surface area contributed by atoms with Crippen molar-refractivity contribution in [2.75, 3.05) is 13.2 Å². The fourth-order valence-electron chi connectivity index (χ4n) is 1.10. The Kier molecular flexibility index (Phi) is 2.62. The summed E-state index contributed by atoms with van der Waals surface area (Å²) in [6.07, 6.45) is 1.21. The van der Waals surface area contributed by atoms with Crippen LogP contribution in [-0.2, 0) is 14.3 Å². The Morgan fingerprint density at radius 1 is 1.45 bits per heavy atom. The lowest BCUT2D eigenvalue weighted by molar-refractivity contribution is -0.151. The third-order valence-corrected chi connectivity index (χ3v) is 1.83. The molecule has 0 saturated carbocycles. The number of hydrogen-bond acceptors (Lipinski definition) is 3. The summed E-state index contributed by atoms with van der Waals surface area (Å²) in [4.78, 5) is 10.6. The molecule has 0 aromatic carbocycles. The van der Waals surface area contributed by atoms with Crippen LogP contribution in [0.5, 0.6) is 0 Å². The zero-order chi connectivity index (χ0) is 8.32. The van der Waals surface area contributed by atoms with Gasteiger partial charge < -0.3 is 14.3 Å². The Balaban J connectivity index is 2.28. The highest BCUT2D eigenvalue weighted by atomic mass is 16.7. The smallest absolute Gasteiger partial charge is 0.166 e. The summed E-state index contributed by atoms with van der Waals surface area (Å²) < 4.78 is 10.6. The third kappa shape index (κ3) is 2.60. The summed E-state index contributed by atoms with van der Waals surface area (Å²) in [6, 6.07) is 0. The van der Waals surface area contributed by atoms with Gasteiger partial charge in [-0.2, -0.15) is 0 Å². The molecule has 0 bridgehead atoms. The Hall–Kier alpha value is -0.410. The molecule has 0 radical (unpaired) electrons. The molecule has 1 saturated heterocycles. The molecule has 3 heteroatoms. The van der Waals surface area contributed by atoms with Gasteiger partial charge in [-0.25, -0.2) is 0 Å². The quantitative estimate of drug-likeness (QED) is 0.617. The molecule has 0 aliphatic carbocycles. The van der Waals surface area contributed by atoms with Gasteiger partial charge >= 0.3 is 0 Å². The van der Waals surface area contributed by atoms with Crippen LogP contribution < -0.4 is 0 Å². The Morgan fingerprint density at radius 3 is 2.45 bits per heavy atom. The molecular weight excluding hydrogens is 144 g/mol. The zero-order valence-electron chi connectivity index (χ0n) is 7.05. The second kappa shape index (κ2) is 3.32. The number of carbonyl (C=O) groups is 1. The van der Waals surface area contributed by atoms with Gasteiger partial charge in [0.1, 0.15) is 5.78 Å². The van der Waals surface area contributed by atoms with Crippen LogP contribution in [0.1, 0.15) is 26.7 Å². The van der Waals surface area contributed by atoms with E-state index in [2.05, 4.69) is 0 Å². The first-order valence-electron chi connectivity index (χ1n) is 3.90. The lowest BCUT2D eigenvalue weighted by Crippen LogP contribution is -2.25. The van der Waals surface area contributed by atoms with Crippen LogP contribution in [0.4, 0.5) is 0 Å². The van der Waals surface area contributed by atoms with Crippen molar-refractivity contribution in [2.45, 2.75) is 32.5 Å². The SMILES string of the molecule is CC(=O)CCC1(C)OCCO1. The first-order valence-corrected chi connectivity index (χ1v) is 3.90. The molecule has 1 aliphatic rings. The second-order valence-corrected chi connectivity index (χ2v) is 3.03. The second-order valence-electron chi connectivity index (χ2n) is 3.03. The maximum absolute atomic E-state index is 10.6. The largest absolute Gasteiger partial charge is 0.348 e. The van der Waals surface area contributed by atoms with Crippen LogP contribution in [0.3, 0.4) is 0 Å². The molecule has 3 nitrogen and oxygen atoms in total. The van der Waals surface area contributed by atoms with Gasteiger partial charge in [0.25, 0.3) is 0 Å². The average Bonchev–Trinajstić information content (AvgIpc) is 2.33. The van der Waals surface area contributed by atoms with Crippen LogP contribution in [-0.4, -0.2) is 24.8 Å². The molecule has 64 valence electrons. The molecule has 0 atom stereocenters. The van der Waals surface area contributed by atoms with E-state index >= 15 is 0 Å². The fourth-order valence-corrected chi connectivity index (χ4v) is 1.10. The van der Waals surface area contributed by atoms with Crippen molar-refractivity contribution in [3.8, 4) is 0 Å². The van der Waals surface area contributed by atoms with Gasteiger partial charge in [0.2, 0.25) is 0 Å². The minimum Gasteiger partial charge on any atom is -0.348 e. The standard InChI is InChI=1S/C8H14O3/c1-7(9)3-4-8(2)10-5-6-11-8/h3-6H2,1-2H3. The molecule has 0 spiro atoms. The number of Topliss-reactive ketones (excluding diaryl/α,β-unsaturated/α-hetero) is 1. The van der Waals surface area contributed by atoms with E-state index in [4.69, 9.17) is 9.47 Å². The van der Waals surface area contributed by atoms with Gasteiger partial charge in [-0.3, -0.25) is 0 Å². The molecule has 11 heavy (non-hydrogen) atoms. The summed E-state index contributed by atoms with van der Waals surface area (Å²) in [5.74, 6) is -0.309. The van der Waals surface area contributed by atoms with E-state index in [0.717, 1.165) is 0 Å². The van der Waals surface area contributed by atoms with Crippen molar-refractivity contribution < 1.29 is 14.3 Å². The third-order valence-electron chi connectivity index (χ3n) is 1.83. The number of ketones is 1. The van der Waals surface area contributed by atoms with Crippen LogP contribution in [0.25, 0.3) is 0 Å². The summed E-state index contributed by atoms with van der Waals surface area (Å²) in [5.41, 5.74) is 0. The monoisotopic (exact) mass is 158 g/mol. The number of rotatable bonds is 3. The van der Waals surface area contributed by atoms with Crippen molar-refractivity contribution in [2.24, 2.45) is 0 Å². The van der Waals surface area contributed by atoms with E-state index in [9.17, 15) is 4.79 Å². The Bertz CT molecular complexity index is 147. The topological polar surface area (TPSA) is 35.5 Å². The normalized spacial score (nSPS) is 22.0. The van der Waals surface area contributed by atoms with E-state index in [1.54, 1.807) is 6.92 Å². The predicted octanol–water partition coefficient (Wildman–Crippen LogP) is 1.12. The Morgan fingerprint density at radius 2 is 2.00 bits per heavy atom. The summed E-state index contributed by atoms with van der Waals surface area (Å²) in [6.45, 7) is 4.75. The van der Waals surface area contributed by atoms with Gasteiger partial charge in [-0.05, 0) is 13.8 Å². The van der Waals surface area contributed by atoms with Crippen LogP contribution in [0.15, 0.2) is 0 Å². The molecule has 1 fully saturated rings. The molecule has 0 unspecified atom stereocenters. The van der Waals surface area contributed by atoms with Crippen LogP contribution >= 0.6 is 0 Å². The maximum Gasteiger partial charge on any atom is 0.166 e. The van der Waals surface area contributed by atoms with E-state index in [1.165, 1.54) is 0 Å². The van der Waals surface area contributed by atoms with Crippen molar-refractivity contribution in [3.05, 3.63) is 0 Å². The molecule has 0 amide bonds. The van der Waals surface area contributed by atoms with Crippen molar-refractivity contribution >= 4 is 5.78 Å². The van der Waals surface area contributed by atoms with Gasteiger partial charge in [0, 0.05) is 12.8 Å². The highest BCUT2D eigenvalue weighted by Gasteiger charge is 2.30. The van der Waals surface area contributed by atoms with E-state index in [-0.39, 0.29) is 5.78 Å². The number of carbonyl (C=O) groups excluding carboxylic acids is 1. The zero-order valence-corrected chi connectivity index (χ0v) is 7.05. The van der Waals surface area contributed by atoms with Crippen LogP contribution in [0.2, 0.25) is 0 Å². The summed E-state index contributed by atoms with van der Waals surface area (Å²) >= 11 is 0. The van der Waals surface area contributed by atoms with Crippen molar-refractivity contribution in [3.63, 3.8) is 0 Å². The van der Waals surface area contributed by atoms with Gasteiger partial charge in [0.05, 0.1) is 13.2 Å². The molecule has 0 aromatic rings. The Labute approximate surface area is 66.7 Å². The minimum atomic E-state index is -0.494. The first kappa shape index (κ1) is 8.68. The first-order chi connectivity index (χ1) is 5.12. The lowest BCUT2D eigenvalue weighted by atomic mass is 10.1. The highest BCUT2D eigenvalue weighted by Crippen LogP contribution is 2.23. The number of ether oxygens (including phenoxy) is 2. The minimum absolute atomic E-state index is 0.185. The molecule has 1 heterocycles. The van der Waals surface area contributed by atoms with Gasteiger partial charge in [-0.1, -0.05) is 0 Å². The molecular formula is C8H14O3. The fraction of sp³-hybridized carbons (Fsp3) is 0.875. The van der Waals surface area contributed by atoms with E-state index in [0.29, 0.717) is 26.1 Å². The number of hydrogen-bond donors (Lipinski definition) is 0. The summed E-state index contributed by atoms with van der Waals surface area (Å²) in [5, 5.41) is 0. The van der Waals surface area contributed by atoms with E-state index in [1.807, 2.05) is 6.92 Å². The van der Waals surface area contributed by atoms with E-state index < -0.39 is 5.79 Å². The molecule has 0 N–H and O–H groups in total. The highest BCUT2D eigenvalue weighted by molar-refractivity contribution is 5.75. The maximum atomic E-state index is 10.6. The molecule has 0 aromatic heterocycles. The predicted molar refractivity (Wildman–Crippen MR) is 40.2 cm³/mol. The lowest BCUT2D eigenvalue weighted by Gasteiger charge is -2.21.